The van der Waals surface area contributed by atoms with Crippen molar-refractivity contribution in [1.29, 1.82) is 5.26 Å². The summed E-state index contributed by atoms with van der Waals surface area (Å²) in [6.45, 7) is 2.66. The van der Waals surface area contributed by atoms with Crippen LogP contribution in [0.25, 0.3) is 0 Å². The summed E-state index contributed by atoms with van der Waals surface area (Å²) >= 11 is 6.01. The summed E-state index contributed by atoms with van der Waals surface area (Å²) in [7, 11) is 0. The van der Waals surface area contributed by atoms with Crippen LogP contribution in [0.1, 0.15) is 36.1 Å². The maximum atomic E-state index is 13.3. The van der Waals surface area contributed by atoms with Crippen molar-refractivity contribution in [1.82, 2.24) is 5.32 Å². The van der Waals surface area contributed by atoms with E-state index < -0.39 is 5.82 Å². The largest absolute Gasteiger partial charge is 0.306 e. The molecule has 0 aliphatic rings. The Labute approximate surface area is 129 Å². The highest BCUT2D eigenvalue weighted by Crippen LogP contribution is 2.21. The van der Waals surface area contributed by atoms with Gasteiger partial charge < -0.3 is 5.32 Å². The van der Waals surface area contributed by atoms with Crippen molar-refractivity contribution < 1.29 is 4.39 Å². The number of hydrogen-bond donors (Lipinski definition) is 1. The van der Waals surface area contributed by atoms with E-state index in [-0.39, 0.29) is 11.6 Å². The minimum absolute atomic E-state index is 0.0742. The molecule has 1 atom stereocenters. The minimum Gasteiger partial charge on any atom is -0.306 e. The smallest absolute Gasteiger partial charge is 0.140 e. The molecule has 108 valence electrons. The summed E-state index contributed by atoms with van der Waals surface area (Å²) in [4.78, 5) is 0. The molecule has 21 heavy (non-hydrogen) atoms. The summed E-state index contributed by atoms with van der Waals surface area (Å²) in [6, 6.07) is 14.3. The molecule has 0 fully saturated rings. The Kier molecular flexibility index (Phi) is 5.32. The Hall–Kier alpha value is -1.89. The summed E-state index contributed by atoms with van der Waals surface area (Å²) in [5, 5.41) is 13.0. The first-order valence-electron chi connectivity index (χ1n) is 6.81. The Morgan fingerprint density at radius 1 is 1.29 bits per heavy atom. The average Bonchev–Trinajstić information content (AvgIpc) is 2.49. The molecular weight excluding hydrogens is 287 g/mol. The summed E-state index contributed by atoms with van der Waals surface area (Å²) in [6.07, 6.45) is 0.909. The zero-order valence-corrected chi connectivity index (χ0v) is 12.5. The van der Waals surface area contributed by atoms with Gasteiger partial charge in [-0.2, -0.15) is 5.26 Å². The molecule has 0 bridgehead atoms. The van der Waals surface area contributed by atoms with Gasteiger partial charge in [-0.05, 0) is 41.8 Å². The zero-order valence-electron chi connectivity index (χ0n) is 11.7. The summed E-state index contributed by atoms with van der Waals surface area (Å²) < 4.78 is 13.3. The fourth-order valence-corrected chi connectivity index (χ4v) is 2.43. The van der Waals surface area contributed by atoms with Crippen LogP contribution in [0.15, 0.2) is 42.5 Å². The van der Waals surface area contributed by atoms with Gasteiger partial charge in [-0.15, -0.1) is 0 Å². The van der Waals surface area contributed by atoms with Gasteiger partial charge in [0, 0.05) is 17.6 Å². The Morgan fingerprint density at radius 3 is 2.76 bits per heavy atom. The zero-order chi connectivity index (χ0) is 15.2. The van der Waals surface area contributed by atoms with Crippen LogP contribution in [0.2, 0.25) is 5.02 Å². The maximum Gasteiger partial charge on any atom is 0.140 e. The van der Waals surface area contributed by atoms with Crippen molar-refractivity contribution >= 4 is 11.6 Å². The Bertz CT molecular complexity index is 664. The van der Waals surface area contributed by atoms with Crippen LogP contribution in [0, 0.1) is 17.1 Å². The normalized spacial score (nSPS) is 11.9. The third-order valence-corrected chi connectivity index (χ3v) is 3.60. The van der Waals surface area contributed by atoms with Crippen LogP contribution in [-0.4, -0.2) is 0 Å². The molecule has 0 aliphatic heterocycles. The fourth-order valence-electron chi connectivity index (χ4n) is 2.23. The lowest BCUT2D eigenvalue weighted by molar-refractivity contribution is 0.518. The van der Waals surface area contributed by atoms with Crippen molar-refractivity contribution in [3.8, 4) is 6.07 Å². The summed E-state index contributed by atoms with van der Waals surface area (Å²) in [5.41, 5.74) is 2.08. The molecule has 0 radical (unpaired) electrons. The van der Waals surface area contributed by atoms with Gasteiger partial charge in [-0.1, -0.05) is 36.7 Å². The first-order chi connectivity index (χ1) is 10.1. The van der Waals surface area contributed by atoms with Crippen LogP contribution in [0.4, 0.5) is 4.39 Å². The Balaban J connectivity index is 2.09. The SMILES string of the molecule is CCC(NCc1ccc(F)c(C#N)c1)c1cccc(Cl)c1. The third-order valence-electron chi connectivity index (χ3n) is 3.36. The van der Waals surface area contributed by atoms with Gasteiger partial charge in [-0.3, -0.25) is 0 Å². The van der Waals surface area contributed by atoms with E-state index in [9.17, 15) is 4.39 Å². The molecule has 0 amide bonds. The van der Waals surface area contributed by atoms with Crippen molar-refractivity contribution in [3.63, 3.8) is 0 Å². The highest BCUT2D eigenvalue weighted by molar-refractivity contribution is 6.30. The van der Waals surface area contributed by atoms with E-state index in [1.807, 2.05) is 30.3 Å². The van der Waals surface area contributed by atoms with E-state index in [0.717, 1.165) is 17.5 Å². The minimum atomic E-state index is -0.483. The van der Waals surface area contributed by atoms with Crippen LogP contribution < -0.4 is 5.32 Å². The van der Waals surface area contributed by atoms with Crippen LogP contribution in [0.5, 0.6) is 0 Å². The van der Waals surface area contributed by atoms with Crippen LogP contribution in [-0.2, 0) is 6.54 Å². The number of rotatable bonds is 5. The molecule has 0 spiro atoms. The van der Waals surface area contributed by atoms with Gasteiger partial charge in [0.15, 0.2) is 0 Å². The van der Waals surface area contributed by atoms with Gasteiger partial charge in [-0.25, -0.2) is 4.39 Å². The fraction of sp³-hybridized carbons (Fsp3) is 0.235. The molecule has 2 aromatic rings. The third kappa shape index (κ3) is 4.04. The van der Waals surface area contributed by atoms with Gasteiger partial charge in [0.05, 0.1) is 5.56 Å². The van der Waals surface area contributed by atoms with E-state index >= 15 is 0 Å². The number of nitrogens with zero attached hydrogens (tertiary/aromatic N) is 1. The highest BCUT2D eigenvalue weighted by atomic mass is 35.5. The molecule has 1 unspecified atom stereocenters. The van der Waals surface area contributed by atoms with Gasteiger partial charge in [0.1, 0.15) is 11.9 Å². The standard InChI is InChI=1S/C17H16ClFN2/c1-2-17(13-4-3-5-15(18)9-13)21-11-12-6-7-16(19)14(8-12)10-20/h3-9,17,21H,2,11H2,1H3. The van der Waals surface area contributed by atoms with Gasteiger partial charge in [0.2, 0.25) is 0 Å². The van der Waals surface area contributed by atoms with Gasteiger partial charge >= 0.3 is 0 Å². The van der Waals surface area contributed by atoms with Crippen LogP contribution >= 0.6 is 11.6 Å². The van der Waals surface area contributed by atoms with Crippen molar-refractivity contribution in [2.75, 3.05) is 0 Å². The molecular formula is C17H16ClFN2. The van der Waals surface area contributed by atoms with E-state index in [1.165, 1.54) is 6.07 Å². The first kappa shape index (κ1) is 15.5. The molecule has 0 saturated heterocycles. The monoisotopic (exact) mass is 302 g/mol. The van der Waals surface area contributed by atoms with Gasteiger partial charge in [0.25, 0.3) is 0 Å². The molecule has 0 aromatic heterocycles. The van der Waals surface area contributed by atoms with Crippen molar-refractivity contribution in [2.45, 2.75) is 25.9 Å². The lowest BCUT2D eigenvalue weighted by Gasteiger charge is -2.18. The lowest BCUT2D eigenvalue weighted by atomic mass is 10.0. The molecule has 0 heterocycles. The number of benzene rings is 2. The number of hydrogen-bond acceptors (Lipinski definition) is 2. The van der Waals surface area contributed by atoms with E-state index in [2.05, 4.69) is 12.2 Å². The molecule has 2 nitrogen and oxygen atoms in total. The molecule has 2 aromatic carbocycles. The van der Waals surface area contributed by atoms with E-state index in [1.54, 1.807) is 12.1 Å². The predicted molar refractivity (Wildman–Crippen MR) is 82.4 cm³/mol. The highest BCUT2D eigenvalue weighted by Gasteiger charge is 2.10. The lowest BCUT2D eigenvalue weighted by Crippen LogP contribution is -2.20. The second-order valence-electron chi connectivity index (χ2n) is 4.82. The first-order valence-corrected chi connectivity index (χ1v) is 7.19. The topological polar surface area (TPSA) is 35.8 Å². The molecule has 4 heteroatoms. The van der Waals surface area contributed by atoms with Crippen molar-refractivity contribution in [3.05, 3.63) is 70.0 Å². The molecule has 0 saturated carbocycles. The number of halogens is 2. The van der Waals surface area contributed by atoms with E-state index in [4.69, 9.17) is 16.9 Å². The molecule has 2 rings (SSSR count). The number of nitrogens with one attached hydrogen (secondary N) is 1. The summed E-state index contributed by atoms with van der Waals surface area (Å²) in [5.74, 6) is -0.483. The second-order valence-corrected chi connectivity index (χ2v) is 5.26. The number of nitriles is 1. The average molecular weight is 303 g/mol. The Morgan fingerprint density at radius 2 is 2.10 bits per heavy atom. The maximum absolute atomic E-state index is 13.3. The predicted octanol–water partition coefficient (Wildman–Crippen LogP) is 4.59. The van der Waals surface area contributed by atoms with Crippen molar-refractivity contribution in [2.24, 2.45) is 0 Å². The molecule has 1 N–H and O–H groups in total. The van der Waals surface area contributed by atoms with Crippen LogP contribution in [0.3, 0.4) is 0 Å². The second kappa shape index (κ2) is 7.21. The quantitative estimate of drug-likeness (QED) is 0.876. The van der Waals surface area contributed by atoms with E-state index in [0.29, 0.717) is 11.6 Å². The molecule has 0 aliphatic carbocycles.